The standard InChI is InChI=1S/C24H25N5O2S/c1-3-23(30)27-19-5-7-20(8-6-19)32-24-17(2)15-25-21(28-24)14-18-4-9-22(26-16-18)29-10-12-31-13-11-29/h3-9,15-16H,1,10-14H2,2H3,(H,27,30). The third-order valence-electron chi connectivity index (χ3n) is 5.00. The predicted octanol–water partition coefficient (Wildman–Crippen LogP) is 3.88. The van der Waals surface area contributed by atoms with Gasteiger partial charge in [-0.2, -0.15) is 0 Å². The van der Waals surface area contributed by atoms with Crippen molar-refractivity contribution in [1.82, 2.24) is 15.0 Å². The molecule has 1 saturated heterocycles. The molecule has 0 unspecified atom stereocenters. The molecule has 0 atom stereocenters. The molecular formula is C24H25N5O2S. The van der Waals surface area contributed by atoms with Crippen molar-refractivity contribution >= 4 is 29.2 Å². The van der Waals surface area contributed by atoms with Crippen LogP contribution >= 0.6 is 11.8 Å². The Balaban J connectivity index is 1.42. The summed E-state index contributed by atoms with van der Waals surface area (Å²) in [4.78, 5) is 28.6. The molecule has 0 radical (unpaired) electrons. The molecule has 0 bridgehead atoms. The molecule has 1 aliphatic heterocycles. The Bertz CT molecular complexity index is 1080. The van der Waals surface area contributed by atoms with E-state index in [-0.39, 0.29) is 5.91 Å². The molecule has 32 heavy (non-hydrogen) atoms. The molecule has 1 fully saturated rings. The molecule has 4 rings (SSSR count). The van der Waals surface area contributed by atoms with Crippen LogP contribution in [0.1, 0.15) is 17.0 Å². The number of nitrogens with one attached hydrogen (secondary N) is 1. The fourth-order valence-electron chi connectivity index (χ4n) is 3.24. The fraction of sp³-hybridized carbons (Fsp3) is 0.250. The Labute approximate surface area is 192 Å². The molecule has 1 aliphatic rings. The smallest absolute Gasteiger partial charge is 0.247 e. The molecule has 3 aromatic rings. The van der Waals surface area contributed by atoms with Crippen molar-refractivity contribution in [2.45, 2.75) is 23.3 Å². The van der Waals surface area contributed by atoms with E-state index in [1.54, 1.807) is 11.8 Å². The van der Waals surface area contributed by atoms with Crippen molar-refractivity contribution in [2.24, 2.45) is 0 Å². The van der Waals surface area contributed by atoms with Crippen molar-refractivity contribution in [1.29, 1.82) is 0 Å². The highest BCUT2D eigenvalue weighted by Gasteiger charge is 2.13. The lowest BCUT2D eigenvalue weighted by atomic mass is 10.2. The van der Waals surface area contributed by atoms with Gasteiger partial charge in [-0.3, -0.25) is 4.79 Å². The minimum atomic E-state index is -0.228. The van der Waals surface area contributed by atoms with E-state index in [1.165, 1.54) is 6.08 Å². The van der Waals surface area contributed by atoms with Gasteiger partial charge in [0.2, 0.25) is 5.91 Å². The lowest BCUT2D eigenvalue weighted by molar-refractivity contribution is -0.111. The Morgan fingerprint density at radius 2 is 1.94 bits per heavy atom. The number of anilines is 2. The van der Waals surface area contributed by atoms with Gasteiger partial charge in [0.15, 0.2) is 0 Å². The van der Waals surface area contributed by atoms with E-state index in [2.05, 4.69) is 38.9 Å². The van der Waals surface area contributed by atoms with Crippen LogP contribution in [0.5, 0.6) is 0 Å². The van der Waals surface area contributed by atoms with E-state index < -0.39 is 0 Å². The van der Waals surface area contributed by atoms with Gasteiger partial charge in [-0.1, -0.05) is 24.4 Å². The van der Waals surface area contributed by atoms with Crippen LogP contribution in [-0.2, 0) is 16.0 Å². The summed E-state index contributed by atoms with van der Waals surface area (Å²) < 4.78 is 5.40. The van der Waals surface area contributed by atoms with Crippen molar-refractivity contribution in [3.8, 4) is 0 Å². The number of pyridine rings is 1. The lowest BCUT2D eigenvalue weighted by Gasteiger charge is -2.27. The molecule has 0 spiro atoms. The Morgan fingerprint density at radius 1 is 1.16 bits per heavy atom. The molecule has 2 aromatic heterocycles. The SMILES string of the molecule is C=CC(=O)Nc1ccc(Sc2nc(Cc3ccc(N4CCOCC4)nc3)ncc2C)cc1. The number of hydrogen-bond donors (Lipinski definition) is 1. The number of nitrogens with zero attached hydrogens (tertiary/aromatic N) is 4. The van der Waals surface area contributed by atoms with Crippen molar-refractivity contribution in [3.05, 3.63) is 78.4 Å². The van der Waals surface area contributed by atoms with Gasteiger partial charge in [0.1, 0.15) is 16.7 Å². The second kappa shape index (κ2) is 10.4. The number of aryl methyl sites for hydroxylation is 1. The van der Waals surface area contributed by atoms with E-state index in [9.17, 15) is 4.79 Å². The molecular weight excluding hydrogens is 422 g/mol. The maximum absolute atomic E-state index is 11.4. The van der Waals surface area contributed by atoms with Crippen LogP contribution in [0.3, 0.4) is 0 Å². The first-order valence-corrected chi connectivity index (χ1v) is 11.2. The second-order valence-corrected chi connectivity index (χ2v) is 8.46. The van der Waals surface area contributed by atoms with Crippen LogP contribution in [0.4, 0.5) is 11.5 Å². The first kappa shape index (κ1) is 22.0. The van der Waals surface area contributed by atoms with Crippen LogP contribution in [0.2, 0.25) is 0 Å². The number of benzene rings is 1. The van der Waals surface area contributed by atoms with Gasteiger partial charge < -0.3 is 15.0 Å². The van der Waals surface area contributed by atoms with E-state index in [0.717, 1.165) is 64.7 Å². The number of hydrogen-bond acceptors (Lipinski definition) is 7. The minimum absolute atomic E-state index is 0.228. The number of rotatable bonds is 7. The number of carbonyl (C=O) groups excluding carboxylic acids is 1. The normalized spacial score (nSPS) is 13.6. The molecule has 8 heteroatoms. The maximum atomic E-state index is 11.4. The van der Waals surface area contributed by atoms with Gasteiger partial charge in [0, 0.05) is 42.5 Å². The first-order chi connectivity index (χ1) is 15.6. The van der Waals surface area contributed by atoms with Crippen LogP contribution in [0.15, 0.2) is 71.4 Å². The summed E-state index contributed by atoms with van der Waals surface area (Å²) in [5.74, 6) is 1.51. The van der Waals surface area contributed by atoms with E-state index >= 15 is 0 Å². The minimum Gasteiger partial charge on any atom is -0.378 e. The summed E-state index contributed by atoms with van der Waals surface area (Å²) in [6, 6.07) is 11.8. The molecule has 164 valence electrons. The van der Waals surface area contributed by atoms with E-state index in [0.29, 0.717) is 6.42 Å². The first-order valence-electron chi connectivity index (χ1n) is 10.4. The monoisotopic (exact) mass is 447 g/mol. The molecule has 1 amide bonds. The molecule has 3 heterocycles. The summed E-state index contributed by atoms with van der Waals surface area (Å²) in [5.41, 5.74) is 2.82. The molecule has 1 aromatic carbocycles. The molecule has 7 nitrogen and oxygen atoms in total. The Kier molecular flexibility index (Phi) is 7.14. The fourth-order valence-corrected chi connectivity index (χ4v) is 4.10. The van der Waals surface area contributed by atoms with Crippen LogP contribution in [0.25, 0.3) is 0 Å². The summed E-state index contributed by atoms with van der Waals surface area (Å²) in [6.45, 7) is 8.69. The van der Waals surface area contributed by atoms with Crippen LogP contribution in [0, 0.1) is 6.92 Å². The third-order valence-corrected chi connectivity index (χ3v) is 6.12. The number of amides is 1. The highest BCUT2D eigenvalue weighted by Crippen LogP contribution is 2.29. The average Bonchev–Trinajstić information content (AvgIpc) is 2.83. The van der Waals surface area contributed by atoms with Crippen LogP contribution in [-0.4, -0.2) is 47.2 Å². The van der Waals surface area contributed by atoms with Gasteiger partial charge in [0.25, 0.3) is 0 Å². The van der Waals surface area contributed by atoms with Crippen molar-refractivity contribution in [3.63, 3.8) is 0 Å². The van der Waals surface area contributed by atoms with Gasteiger partial charge in [-0.25, -0.2) is 15.0 Å². The number of ether oxygens (including phenoxy) is 1. The predicted molar refractivity (Wildman–Crippen MR) is 126 cm³/mol. The van der Waals surface area contributed by atoms with E-state index in [4.69, 9.17) is 9.72 Å². The number of aromatic nitrogens is 3. The summed E-state index contributed by atoms with van der Waals surface area (Å²) >= 11 is 1.58. The third kappa shape index (κ3) is 5.72. The highest BCUT2D eigenvalue weighted by atomic mass is 32.2. The zero-order valence-corrected chi connectivity index (χ0v) is 18.8. The van der Waals surface area contributed by atoms with Gasteiger partial charge in [-0.05, 0) is 54.5 Å². The summed E-state index contributed by atoms with van der Waals surface area (Å²) in [5, 5.41) is 3.66. The number of morpholine rings is 1. The van der Waals surface area contributed by atoms with Gasteiger partial charge in [0.05, 0.1) is 13.2 Å². The lowest BCUT2D eigenvalue weighted by Crippen LogP contribution is -2.36. The average molecular weight is 448 g/mol. The summed E-state index contributed by atoms with van der Waals surface area (Å²) in [7, 11) is 0. The summed E-state index contributed by atoms with van der Waals surface area (Å²) in [6.07, 6.45) is 5.63. The van der Waals surface area contributed by atoms with Gasteiger partial charge in [-0.15, -0.1) is 0 Å². The topological polar surface area (TPSA) is 80.2 Å². The Hall–Kier alpha value is -3.23. The highest BCUT2D eigenvalue weighted by molar-refractivity contribution is 7.99. The zero-order chi connectivity index (χ0) is 22.3. The van der Waals surface area contributed by atoms with Crippen molar-refractivity contribution < 1.29 is 9.53 Å². The molecule has 0 aliphatic carbocycles. The maximum Gasteiger partial charge on any atom is 0.247 e. The van der Waals surface area contributed by atoms with Crippen molar-refractivity contribution in [2.75, 3.05) is 36.5 Å². The number of carbonyl (C=O) groups is 1. The zero-order valence-electron chi connectivity index (χ0n) is 18.0. The second-order valence-electron chi connectivity index (χ2n) is 7.40. The van der Waals surface area contributed by atoms with Crippen LogP contribution < -0.4 is 10.2 Å². The quantitative estimate of drug-likeness (QED) is 0.435. The van der Waals surface area contributed by atoms with Gasteiger partial charge >= 0.3 is 0 Å². The van der Waals surface area contributed by atoms with E-state index in [1.807, 2.05) is 43.6 Å². The Morgan fingerprint density at radius 3 is 2.62 bits per heavy atom. The molecule has 0 saturated carbocycles. The molecule has 1 N–H and O–H groups in total. The largest absolute Gasteiger partial charge is 0.378 e.